The van der Waals surface area contributed by atoms with Crippen molar-refractivity contribution in [3.8, 4) is 5.75 Å². The molecule has 0 aliphatic heterocycles. The molecule has 0 fully saturated rings. The third-order valence-corrected chi connectivity index (χ3v) is 1.53. The summed E-state index contributed by atoms with van der Waals surface area (Å²) in [5, 5.41) is 0. The number of hydrogen-bond acceptors (Lipinski definition) is 2. The topological polar surface area (TPSA) is 26.3 Å². The molecule has 1 aromatic carbocycles. The summed E-state index contributed by atoms with van der Waals surface area (Å²) >= 11 is 0. The lowest BCUT2D eigenvalue weighted by molar-refractivity contribution is 0.340. The van der Waals surface area contributed by atoms with Crippen LogP contribution in [0.3, 0.4) is 0 Å². The van der Waals surface area contributed by atoms with E-state index in [9.17, 15) is 4.79 Å². The van der Waals surface area contributed by atoms with Gasteiger partial charge < -0.3 is 4.74 Å². The van der Waals surface area contributed by atoms with Crippen molar-refractivity contribution >= 4 is 12.4 Å². The van der Waals surface area contributed by atoms with Crippen molar-refractivity contribution in [3.63, 3.8) is 0 Å². The highest BCUT2D eigenvalue weighted by molar-refractivity contribution is 5.74. The largest absolute Gasteiger partial charge is 0.494 e. The van der Waals surface area contributed by atoms with Gasteiger partial charge in [-0.2, -0.15) is 0 Å². The van der Waals surface area contributed by atoms with E-state index in [0.717, 1.165) is 11.3 Å². The summed E-state index contributed by atoms with van der Waals surface area (Å²) in [5.41, 5.74) is 0.965. The second kappa shape index (κ2) is 5.14. The van der Waals surface area contributed by atoms with E-state index in [1.807, 2.05) is 31.2 Å². The van der Waals surface area contributed by atoms with E-state index in [1.54, 1.807) is 12.4 Å². The van der Waals surface area contributed by atoms with Gasteiger partial charge in [0.25, 0.3) is 0 Å². The smallest absolute Gasteiger partial charge is 0.225 e. The highest BCUT2D eigenvalue weighted by Crippen LogP contribution is 2.12. The first kappa shape index (κ1) is 9.52. The number of allylic oxidation sites excluding steroid dienone is 1. The fourth-order valence-electron chi connectivity index (χ4n) is 0.972. The van der Waals surface area contributed by atoms with Gasteiger partial charge >= 0.3 is 0 Å². The van der Waals surface area contributed by atoms with Gasteiger partial charge in [0.05, 0.1) is 6.61 Å². The van der Waals surface area contributed by atoms with Gasteiger partial charge in [0.1, 0.15) is 5.75 Å². The maximum absolute atomic E-state index is 9.91. The summed E-state index contributed by atoms with van der Waals surface area (Å²) in [7, 11) is 0. The molecule has 0 spiro atoms. The van der Waals surface area contributed by atoms with Crippen LogP contribution >= 0.6 is 0 Å². The molecule has 13 heavy (non-hydrogen) atoms. The molecule has 1 aromatic rings. The van der Waals surface area contributed by atoms with Gasteiger partial charge in [-0.1, -0.05) is 18.2 Å². The first-order valence-corrected chi connectivity index (χ1v) is 4.14. The minimum atomic E-state index is 0.664. The maximum Gasteiger partial charge on any atom is 0.225 e. The molecule has 0 heterocycles. The molecule has 1 rings (SSSR count). The van der Waals surface area contributed by atoms with Crippen LogP contribution in [0.4, 0.5) is 0 Å². The van der Waals surface area contributed by atoms with Gasteiger partial charge in [-0.05, 0) is 30.7 Å². The summed E-state index contributed by atoms with van der Waals surface area (Å²) in [6.45, 7) is 2.60. The van der Waals surface area contributed by atoms with E-state index in [2.05, 4.69) is 0 Å². The molecule has 1 radical (unpaired) electrons. The van der Waals surface area contributed by atoms with Crippen molar-refractivity contribution in [1.82, 2.24) is 0 Å². The van der Waals surface area contributed by atoms with Gasteiger partial charge in [-0.3, -0.25) is 4.79 Å². The molecule has 0 aromatic heterocycles. The van der Waals surface area contributed by atoms with Gasteiger partial charge in [0.2, 0.25) is 6.29 Å². The molecular formula is C11H11O2. The lowest BCUT2D eigenvalue weighted by Crippen LogP contribution is -1.90. The average molecular weight is 175 g/mol. The minimum Gasteiger partial charge on any atom is -0.494 e. The third-order valence-electron chi connectivity index (χ3n) is 1.53. The molecule has 0 bridgehead atoms. The Balaban J connectivity index is 2.69. The second-order valence-corrected chi connectivity index (χ2v) is 2.45. The molecule has 0 unspecified atom stereocenters. The molecule has 67 valence electrons. The Morgan fingerprint density at radius 2 is 2.08 bits per heavy atom. The first-order valence-electron chi connectivity index (χ1n) is 4.14. The van der Waals surface area contributed by atoms with Crippen LogP contribution in [-0.2, 0) is 4.79 Å². The average Bonchev–Trinajstić information content (AvgIpc) is 2.17. The fraction of sp³-hybridized carbons (Fsp3) is 0.182. The quantitative estimate of drug-likeness (QED) is 0.656. The summed E-state index contributed by atoms with van der Waals surface area (Å²) in [6.07, 6.45) is 4.73. The number of carbonyl (C=O) groups excluding carboxylic acids is 1. The predicted molar refractivity (Wildman–Crippen MR) is 52.3 cm³/mol. The van der Waals surface area contributed by atoms with E-state index in [4.69, 9.17) is 4.74 Å². The molecule has 0 amide bonds. The predicted octanol–water partition coefficient (Wildman–Crippen LogP) is 2.21. The molecule has 0 aliphatic carbocycles. The Bertz CT molecular complexity index is 285. The van der Waals surface area contributed by atoms with Crippen LogP contribution in [0.2, 0.25) is 0 Å². The highest BCUT2D eigenvalue weighted by Gasteiger charge is 1.90. The van der Waals surface area contributed by atoms with E-state index in [1.165, 1.54) is 6.08 Å². The summed E-state index contributed by atoms with van der Waals surface area (Å²) in [4.78, 5) is 9.91. The van der Waals surface area contributed by atoms with E-state index >= 15 is 0 Å². The summed E-state index contributed by atoms with van der Waals surface area (Å²) in [6, 6.07) is 7.51. The Labute approximate surface area is 77.8 Å². The monoisotopic (exact) mass is 175 g/mol. The lowest BCUT2D eigenvalue weighted by Gasteiger charge is -2.01. The van der Waals surface area contributed by atoms with Crippen molar-refractivity contribution in [2.45, 2.75) is 6.92 Å². The lowest BCUT2D eigenvalue weighted by atomic mass is 10.2. The van der Waals surface area contributed by atoms with E-state index in [0.29, 0.717) is 6.61 Å². The summed E-state index contributed by atoms with van der Waals surface area (Å²) in [5.74, 6) is 0.842. The molecule has 0 aliphatic rings. The third kappa shape index (κ3) is 3.11. The van der Waals surface area contributed by atoms with E-state index < -0.39 is 0 Å². The van der Waals surface area contributed by atoms with Gasteiger partial charge in [0, 0.05) is 0 Å². The number of hydrogen-bond donors (Lipinski definition) is 0. The molecule has 0 N–H and O–H groups in total. The molecule has 0 atom stereocenters. The zero-order chi connectivity index (χ0) is 9.52. The Morgan fingerprint density at radius 3 is 2.62 bits per heavy atom. The molecule has 2 nitrogen and oxygen atoms in total. The van der Waals surface area contributed by atoms with Crippen molar-refractivity contribution < 1.29 is 9.53 Å². The fourth-order valence-corrected chi connectivity index (χ4v) is 0.972. The zero-order valence-corrected chi connectivity index (χ0v) is 7.49. The van der Waals surface area contributed by atoms with Crippen molar-refractivity contribution in [2.24, 2.45) is 0 Å². The van der Waals surface area contributed by atoms with Gasteiger partial charge in [0.15, 0.2) is 0 Å². The first-order chi connectivity index (χ1) is 6.36. The second-order valence-electron chi connectivity index (χ2n) is 2.45. The van der Waals surface area contributed by atoms with E-state index in [-0.39, 0.29) is 0 Å². The number of rotatable bonds is 4. The SMILES string of the molecule is CCOc1ccc(C=C[C]=O)cc1. The zero-order valence-electron chi connectivity index (χ0n) is 7.49. The number of ether oxygens (including phenoxy) is 1. The number of benzene rings is 1. The molecule has 0 saturated heterocycles. The van der Waals surface area contributed by atoms with Crippen LogP contribution < -0.4 is 4.74 Å². The normalized spacial score (nSPS) is 10.2. The maximum atomic E-state index is 9.91. The highest BCUT2D eigenvalue weighted by atomic mass is 16.5. The summed E-state index contributed by atoms with van der Waals surface area (Å²) < 4.78 is 5.26. The Morgan fingerprint density at radius 1 is 1.38 bits per heavy atom. The van der Waals surface area contributed by atoms with Crippen LogP contribution in [0.15, 0.2) is 30.3 Å². The molecule has 0 saturated carbocycles. The Hall–Kier alpha value is -1.57. The van der Waals surface area contributed by atoms with Crippen LogP contribution in [0.25, 0.3) is 6.08 Å². The van der Waals surface area contributed by atoms with Crippen LogP contribution in [0, 0.1) is 0 Å². The van der Waals surface area contributed by atoms with Crippen LogP contribution in [0.5, 0.6) is 5.75 Å². The molecular weight excluding hydrogens is 164 g/mol. The van der Waals surface area contributed by atoms with Crippen LogP contribution in [-0.4, -0.2) is 12.9 Å². The van der Waals surface area contributed by atoms with Gasteiger partial charge in [-0.25, -0.2) is 0 Å². The standard InChI is InChI=1S/C11H11O2/c1-2-13-11-7-5-10(6-8-11)4-3-9-12/h3-8H,2H2,1H3. The van der Waals surface area contributed by atoms with Crippen molar-refractivity contribution in [3.05, 3.63) is 35.9 Å². The van der Waals surface area contributed by atoms with Crippen LogP contribution in [0.1, 0.15) is 12.5 Å². The van der Waals surface area contributed by atoms with Gasteiger partial charge in [-0.15, -0.1) is 0 Å². The van der Waals surface area contributed by atoms with Crippen molar-refractivity contribution in [1.29, 1.82) is 0 Å². The molecule has 2 heteroatoms. The Kier molecular flexibility index (Phi) is 3.76. The minimum absolute atomic E-state index is 0.664. The van der Waals surface area contributed by atoms with Crippen molar-refractivity contribution in [2.75, 3.05) is 6.61 Å².